The average Bonchev–Trinajstić information content (AvgIpc) is 3.21. The lowest BCUT2D eigenvalue weighted by atomic mass is 10.1. The Morgan fingerprint density at radius 2 is 2.09 bits per heavy atom. The minimum Gasteiger partial charge on any atom is -0.302 e. The Balaban J connectivity index is 1.83. The molecule has 2 heterocycles. The maximum atomic E-state index is 9.15. The van der Waals surface area contributed by atoms with Gasteiger partial charge in [0.15, 0.2) is 11.0 Å². The molecule has 110 valence electrons. The zero-order valence-corrected chi connectivity index (χ0v) is 13.7. The van der Waals surface area contributed by atoms with Crippen molar-refractivity contribution in [1.29, 1.82) is 5.26 Å². The van der Waals surface area contributed by atoms with Gasteiger partial charge in [0.1, 0.15) is 0 Å². The molecule has 0 saturated heterocycles. The standard InChI is InChI=1S/C16H14N4S2/c1-2-20-15(14-8-5-9-21-14)18-19-16(20)22-11-13-7-4-3-6-12(13)10-17/h3-9H,2,11H2,1H3. The van der Waals surface area contributed by atoms with Gasteiger partial charge in [-0.25, -0.2) is 0 Å². The molecule has 0 atom stereocenters. The van der Waals surface area contributed by atoms with Crippen LogP contribution in [0.4, 0.5) is 0 Å². The molecule has 0 saturated carbocycles. The molecular formula is C16H14N4S2. The van der Waals surface area contributed by atoms with E-state index in [1.165, 1.54) is 0 Å². The van der Waals surface area contributed by atoms with Crippen molar-refractivity contribution < 1.29 is 0 Å². The van der Waals surface area contributed by atoms with Gasteiger partial charge in [0.05, 0.1) is 16.5 Å². The molecule has 0 radical (unpaired) electrons. The summed E-state index contributed by atoms with van der Waals surface area (Å²) in [5.74, 6) is 1.63. The molecule has 0 aliphatic rings. The van der Waals surface area contributed by atoms with E-state index in [2.05, 4.69) is 33.8 Å². The molecule has 4 nitrogen and oxygen atoms in total. The van der Waals surface area contributed by atoms with Gasteiger partial charge in [-0.05, 0) is 30.0 Å². The van der Waals surface area contributed by atoms with E-state index >= 15 is 0 Å². The van der Waals surface area contributed by atoms with E-state index < -0.39 is 0 Å². The fourth-order valence-electron chi connectivity index (χ4n) is 2.17. The SMILES string of the molecule is CCn1c(SCc2ccccc2C#N)nnc1-c1cccs1. The number of benzene rings is 1. The van der Waals surface area contributed by atoms with Gasteiger partial charge in [-0.1, -0.05) is 36.0 Å². The van der Waals surface area contributed by atoms with Gasteiger partial charge in [-0.3, -0.25) is 0 Å². The van der Waals surface area contributed by atoms with Crippen LogP contribution in [-0.4, -0.2) is 14.8 Å². The second-order valence-corrected chi connectivity index (χ2v) is 6.48. The number of nitrogens with zero attached hydrogens (tertiary/aromatic N) is 4. The number of nitriles is 1. The Labute approximate surface area is 137 Å². The number of thioether (sulfide) groups is 1. The normalized spacial score (nSPS) is 10.5. The minimum absolute atomic E-state index is 0.715. The number of hydrogen-bond acceptors (Lipinski definition) is 5. The molecule has 0 aliphatic carbocycles. The predicted molar refractivity (Wildman–Crippen MR) is 89.7 cm³/mol. The highest BCUT2D eigenvalue weighted by atomic mass is 32.2. The van der Waals surface area contributed by atoms with Crippen molar-refractivity contribution in [3.63, 3.8) is 0 Å². The van der Waals surface area contributed by atoms with Crippen molar-refractivity contribution in [2.45, 2.75) is 24.4 Å². The highest BCUT2D eigenvalue weighted by Gasteiger charge is 2.14. The van der Waals surface area contributed by atoms with Crippen LogP contribution >= 0.6 is 23.1 Å². The fourth-order valence-corrected chi connectivity index (χ4v) is 3.89. The molecule has 0 N–H and O–H groups in total. The van der Waals surface area contributed by atoms with Crippen molar-refractivity contribution >= 4 is 23.1 Å². The van der Waals surface area contributed by atoms with Gasteiger partial charge >= 0.3 is 0 Å². The van der Waals surface area contributed by atoms with E-state index in [0.29, 0.717) is 5.75 Å². The summed E-state index contributed by atoms with van der Waals surface area (Å²) in [5, 5.41) is 20.7. The lowest BCUT2D eigenvalue weighted by Crippen LogP contribution is -1.99. The zero-order valence-electron chi connectivity index (χ0n) is 12.1. The summed E-state index contributed by atoms with van der Waals surface area (Å²) in [5.41, 5.74) is 1.74. The molecule has 0 unspecified atom stereocenters. The van der Waals surface area contributed by atoms with Crippen LogP contribution < -0.4 is 0 Å². The minimum atomic E-state index is 0.715. The smallest absolute Gasteiger partial charge is 0.191 e. The lowest BCUT2D eigenvalue weighted by molar-refractivity contribution is 0.688. The summed E-state index contributed by atoms with van der Waals surface area (Å²) < 4.78 is 2.12. The van der Waals surface area contributed by atoms with Crippen LogP contribution in [0.1, 0.15) is 18.1 Å². The first kappa shape index (κ1) is 14.8. The van der Waals surface area contributed by atoms with Crippen LogP contribution in [0.3, 0.4) is 0 Å². The fraction of sp³-hybridized carbons (Fsp3) is 0.188. The highest BCUT2D eigenvalue weighted by Crippen LogP contribution is 2.29. The third-order valence-electron chi connectivity index (χ3n) is 3.27. The Morgan fingerprint density at radius 1 is 1.23 bits per heavy atom. The average molecular weight is 326 g/mol. The molecule has 0 fully saturated rings. The number of thiophene rings is 1. The molecule has 6 heteroatoms. The monoisotopic (exact) mass is 326 g/mol. The molecule has 3 rings (SSSR count). The van der Waals surface area contributed by atoms with Crippen LogP contribution in [0.2, 0.25) is 0 Å². The van der Waals surface area contributed by atoms with Gasteiger partial charge in [-0.15, -0.1) is 21.5 Å². The number of hydrogen-bond donors (Lipinski definition) is 0. The molecule has 2 aromatic heterocycles. The third-order valence-corrected chi connectivity index (χ3v) is 5.15. The second kappa shape index (κ2) is 6.77. The Kier molecular flexibility index (Phi) is 4.56. The summed E-state index contributed by atoms with van der Waals surface area (Å²) in [6.45, 7) is 2.91. The Hall–Kier alpha value is -2.10. The largest absolute Gasteiger partial charge is 0.302 e. The lowest BCUT2D eigenvalue weighted by Gasteiger charge is -2.06. The molecule has 0 aliphatic heterocycles. The van der Waals surface area contributed by atoms with Crippen LogP contribution in [0, 0.1) is 11.3 Å². The molecule has 0 amide bonds. The molecule has 0 spiro atoms. The van der Waals surface area contributed by atoms with Gasteiger partial charge in [0, 0.05) is 12.3 Å². The quantitative estimate of drug-likeness (QED) is 0.660. The van der Waals surface area contributed by atoms with E-state index in [9.17, 15) is 0 Å². The Bertz CT molecular complexity index is 800. The maximum Gasteiger partial charge on any atom is 0.191 e. The second-order valence-electron chi connectivity index (χ2n) is 4.59. The number of rotatable bonds is 5. The van der Waals surface area contributed by atoms with Gasteiger partial charge in [0.25, 0.3) is 0 Å². The number of aromatic nitrogens is 3. The maximum absolute atomic E-state index is 9.15. The van der Waals surface area contributed by atoms with Crippen molar-refractivity contribution in [2.24, 2.45) is 0 Å². The summed E-state index contributed by atoms with van der Waals surface area (Å²) in [6, 6.07) is 14.0. The molecular weight excluding hydrogens is 312 g/mol. The first-order chi connectivity index (χ1) is 10.8. The Morgan fingerprint density at radius 3 is 2.82 bits per heavy atom. The van der Waals surface area contributed by atoms with Gasteiger partial charge < -0.3 is 4.57 Å². The van der Waals surface area contributed by atoms with Crippen LogP contribution in [-0.2, 0) is 12.3 Å². The van der Waals surface area contributed by atoms with Gasteiger partial charge in [-0.2, -0.15) is 5.26 Å². The molecule has 3 aromatic rings. The topological polar surface area (TPSA) is 54.5 Å². The highest BCUT2D eigenvalue weighted by molar-refractivity contribution is 7.98. The van der Waals surface area contributed by atoms with E-state index in [1.807, 2.05) is 35.7 Å². The van der Waals surface area contributed by atoms with Crippen molar-refractivity contribution in [1.82, 2.24) is 14.8 Å². The third kappa shape index (κ3) is 2.91. The first-order valence-corrected chi connectivity index (χ1v) is 8.78. The van der Waals surface area contributed by atoms with E-state index in [1.54, 1.807) is 23.1 Å². The first-order valence-electron chi connectivity index (χ1n) is 6.91. The summed E-state index contributed by atoms with van der Waals surface area (Å²) in [6.07, 6.45) is 0. The van der Waals surface area contributed by atoms with E-state index in [0.717, 1.165) is 33.5 Å². The summed E-state index contributed by atoms with van der Waals surface area (Å²) in [4.78, 5) is 1.12. The predicted octanol–water partition coefficient (Wildman–Crippen LogP) is 4.19. The zero-order chi connectivity index (χ0) is 15.4. The van der Waals surface area contributed by atoms with Crippen molar-refractivity contribution in [3.05, 3.63) is 52.9 Å². The van der Waals surface area contributed by atoms with Crippen LogP contribution in [0.15, 0.2) is 46.9 Å². The molecule has 22 heavy (non-hydrogen) atoms. The molecule has 1 aromatic carbocycles. The van der Waals surface area contributed by atoms with E-state index in [-0.39, 0.29) is 0 Å². The van der Waals surface area contributed by atoms with Crippen molar-refractivity contribution in [2.75, 3.05) is 0 Å². The van der Waals surface area contributed by atoms with Gasteiger partial charge in [0.2, 0.25) is 0 Å². The summed E-state index contributed by atoms with van der Waals surface area (Å²) >= 11 is 3.28. The van der Waals surface area contributed by atoms with E-state index in [4.69, 9.17) is 5.26 Å². The molecule has 0 bridgehead atoms. The van der Waals surface area contributed by atoms with Crippen LogP contribution in [0.25, 0.3) is 10.7 Å². The van der Waals surface area contributed by atoms with Crippen LogP contribution in [0.5, 0.6) is 0 Å². The summed E-state index contributed by atoms with van der Waals surface area (Å²) in [7, 11) is 0. The van der Waals surface area contributed by atoms with Crippen molar-refractivity contribution in [3.8, 4) is 16.8 Å².